The molecule has 2 nitrogen and oxygen atoms in total. The third-order valence-corrected chi connectivity index (χ3v) is 0.882. The van der Waals surface area contributed by atoms with Gasteiger partial charge in [-0.05, 0) is 6.20 Å². The summed E-state index contributed by atoms with van der Waals surface area (Å²) in [4.78, 5) is 11.3. The highest BCUT2D eigenvalue weighted by Crippen LogP contribution is 1.83. The zero-order chi connectivity index (χ0) is 6.41. The maximum atomic E-state index is 9.92. The Morgan fingerprint density at radius 1 is 1.75 bits per heavy atom. The largest absolute Gasteiger partial charge is 0.321 e. The number of hydrogen-bond donors (Lipinski definition) is 0. The van der Waals surface area contributed by atoms with Crippen LogP contribution in [-0.2, 0) is 4.79 Å². The molecule has 0 aliphatic heterocycles. The zero-order valence-corrected chi connectivity index (χ0v) is 5.27. The molecule has 8 heavy (non-hydrogen) atoms. The molecule has 0 aliphatic carbocycles. The number of carbonyl (C=O) groups excluding carboxylic acids is 1. The van der Waals surface area contributed by atoms with Crippen LogP contribution in [0, 0.1) is 0 Å². The Kier molecular flexibility index (Phi) is 4.36. The molecule has 0 aromatic carbocycles. The molecule has 0 N–H and O–H groups in total. The van der Waals surface area contributed by atoms with E-state index in [1.165, 1.54) is 11.1 Å². The predicted octanol–water partition coefficient (Wildman–Crippen LogP) is 0.827. The molecule has 0 saturated carbocycles. The maximum absolute atomic E-state index is 9.92. The summed E-state index contributed by atoms with van der Waals surface area (Å²) in [7, 11) is 0. The van der Waals surface area contributed by atoms with Crippen molar-refractivity contribution in [1.82, 2.24) is 4.90 Å². The molecule has 0 bridgehead atoms. The molecular formula is C5H8ClNO. The summed E-state index contributed by atoms with van der Waals surface area (Å²) in [5, 5.41) is 0. The summed E-state index contributed by atoms with van der Waals surface area (Å²) >= 11 is 5.31. The van der Waals surface area contributed by atoms with E-state index < -0.39 is 0 Å². The lowest BCUT2D eigenvalue weighted by atomic mass is 10.6. The van der Waals surface area contributed by atoms with Crippen molar-refractivity contribution in [3.8, 4) is 0 Å². The van der Waals surface area contributed by atoms with E-state index in [9.17, 15) is 4.79 Å². The third kappa shape index (κ3) is 2.64. The Morgan fingerprint density at radius 3 is 2.50 bits per heavy atom. The molecule has 0 aliphatic rings. The van der Waals surface area contributed by atoms with Gasteiger partial charge in [0.2, 0.25) is 6.41 Å². The lowest BCUT2D eigenvalue weighted by molar-refractivity contribution is -0.115. The van der Waals surface area contributed by atoms with E-state index in [0.29, 0.717) is 18.8 Å². The normalized spacial score (nSPS) is 8.12. The van der Waals surface area contributed by atoms with Crippen molar-refractivity contribution < 1.29 is 4.79 Å². The van der Waals surface area contributed by atoms with Crippen LogP contribution in [0.3, 0.4) is 0 Å². The monoisotopic (exact) mass is 133 g/mol. The molecule has 3 heteroatoms. The summed E-state index contributed by atoms with van der Waals surface area (Å²) in [5.41, 5.74) is 0. The van der Waals surface area contributed by atoms with Gasteiger partial charge >= 0.3 is 0 Å². The van der Waals surface area contributed by atoms with E-state index in [4.69, 9.17) is 11.6 Å². The number of amides is 1. The molecule has 0 heterocycles. The minimum Gasteiger partial charge on any atom is -0.321 e. The first-order valence-corrected chi connectivity index (χ1v) is 2.78. The smallest absolute Gasteiger partial charge is 0.213 e. The molecule has 0 unspecified atom stereocenters. The number of nitrogens with zero attached hydrogens (tertiary/aromatic N) is 1. The second kappa shape index (κ2) is 4.65. The van der Waals surface area contributed by atoms with Gasteiger partial charge in [0.15, 0.2) is 0 Å². The van der Waals surface area contributed by atoms with Crippen molar-refractivity contribution >= 4 is 18.0 Å². The fourth-order valence-corrected chi connectivity index (χ4v) is 0.480. The van der Waals surface area contributed by atoms with E-state index >= 15 is 0 Å². The average Bonchev–Trinajstić information content (AvgIpc) is 1.83. The average molecular weight is 134 g/mol. The first-order valence-electron chi connectivity index (χ1n) is 2.24. The van der Waals surface area contributed by atoms with Crippen LogP contribution < -0.4 is 0 Å². The highest BCUT2D eigenvalue weighted by molar-refractivity contribution is 6.18. The lowest BCUT2D eigenvalue weighted by Gasteiger charge is -2.06. The van der Waals surface area contributed by atoms with E-state index in [1.54, 1.807) is 0 Å². The Labute approximate surface area is 53.7 Å². The first kappa shape index (κ1) is 7.50. The number of alkyl halides is 1. The quantitative estimate of drug-likeness (QED) is 0.411. The molecule has 0 spiro atoms. The van der Waals surface area contributed by atoms with Crippen molar-refractivity contribution in [1.29, 1.82) is 0 Å². The molecule has 0 aromatic rings. The van der Waals surface area contributed by atoms with Gasteiger partial charge in [0, 0.05) is 12.4 Å². The van der Waals surface area contributed by atoms with Gasteiger partial charge in [0.25, 0.3) is 0 Å². The van der Waals surface area contributed by atoms with Crippen LogP contribution in [0.5, 0.6) is 0 Å². The molecule has 0 fully saturated rings. The molecule has 0 aromatic heterocycles. The number of halogens is 1. The molecule has 46 valence electrons. The van der Waals surface area contributed by atoms with E-state index in [1.807, 2.05) is 0 Å². The number of rotatable bonds is 4. The second-order valence-corrected chi connectivity index (χ2v) is 1.59. The van der Waals surface area contributed by atoms with Gasteiger partial charge in [0.1, 0.15) is 0 Å². The molecule has 1 amide bonds. The van der Waals surface area contributed by atoms with Crippen molar-refractivity contribution in [3.63, 3.8) is 0 Å². The van der Waals surface area contributed by atoms with Gasteiger partial charge in [0.05, 0.1) is 0 Å². The van der Waals surface area contributed by atoms with Crippen LogP contribution in [0.25, 0.3) is 0 Å². The van der Waals surface area contributed by atoms with Crippen LogP contribution in [-0.4, -0.2) is 23.7 Å². The Bertz CT molecular complexity index is 76.5. The van der Waals surface area contributed by atoms with E-state index in [-0.39, 0.29) is 0 Å². The first-order chi connectivity index (χ1) is 3.85. The standard InChI is InChI=1S/C5H8ClNO/c1-2-7(5-8)4-3-6/h2,5H,1,3-4H2. The Hall–Kier alpha value is -0.500. The van der Waals surface area contributed by atoms with Crippen LogP contribution in [0.2, 0.25) is 0 Å². The van der Waals surface area contributed by atoms with Gasteiger partial charge in [-0.2, -0.15) is 0 Å². The van der Waals surface area contributed by atoms with Gasteiger partial charge in [-0.25, -0.2) is 0 Å². The Morgan fingerprint density at radius 2 is 2.38 bits per heavy atom. The van der Waals surface area contributed by atoms with Crippen molar-refractivity contribution in [2.75, 3.05) is 12.4 Å². The fourth-order valence-electron chi connectivity index (χ4n) is 0.285. The number of hydrogen-bond acceptors (Lipinski definition) is 1. The summed E-state index contributed by atoms with van der Waals surface area (Å²) in [6, 6.07) is 0. The van der Waals surface area contributed by atoms with Crippen LogP contribution >= 0.6 is 11.6 Å². The minimum atomic E-state index is 0.449. The predicted molar refractivity (Wildman–Crippen MR) is 33.7 cm³/mol. The molecule has 0 rings (SSSR count). The summed E-state index contributed by atoms with van der Waals surface area (Å²) in [6.07, 6.45) is 2.13. The fraction of sp³-hybridized carbons (Fsp3) is 0.400. The van der Waals surface area contributed by atoms with Gasteiger partial charge in [-0.1, -0.05) is 6.58 Å². The van der Waals surface area contributed by atoms with Crippen LogP contribution in [0.4, 0.5) is 0 Å². The minimum absolute atomic E-state index is 0.449. The molecule has 0 radical (unpaired) electrons. The molecular weight excluding hydrogens is 126 g/mol. The second-order valence-electron chi connectivity index (χ2n) is 1.21. The van der Waals surface area contributed by atoms with Crippen molar-refractivity contribution in [2.45, 2.75) is 0 Å². The van der Waals surface area contributed by atoms with Crippen molar-refractivity contribution in [2.24, 2.45) is 0 Å². The zero-order valence-electron chi connectivity index (χ0n) is 4.51. The Balaban J connectivity index is 3.35. The molecule has 0 atom stereocenters. The SMILES string of the molecule is C=CN(C=O)CCCl. The molecule has 0 saturated heterocycles. The number of carbonyl (C=O) groups is 1. The van der Waals surface area contributed by atoms with Crippen LogP contribution in [0.15, 0.2) is 12.8 Å². The summed E-state index contributed by atoms with van der Waals surface area (Å²) in [5.74, 6) is 0.449. The maximum Gasteiger partial charge on any atom is 0.213 e. The third-order valence-electron chi connectivity index (χ3n) is 0.713. The lowest BCUT2D eigenvalue weighted by Crippen LogP contribution is -2.16. The summed E-state index contributed by atoms with van der Waals surface area (Å²) < 4.78 is 0. The topological polar surface area (TPSA) is 20.3 Å². The van der Waals surface area contributed by atoms with Gasteiger partial charge in [-0.15, -0.1) is 11.6 Å². The van der Waals surface area contributed by atoms with Crippen LogP contribution in [0.1, 0.15) is 0 Å². The van der Waals surface area contributed by atoms with Gasteiger partial charge in [-0.3, -0.25) is 4.79 Å². The van der Waals surface area contributed by atoms with Crippen molar-refractivity contribution in [3.05, 3.63) is 12.8 Å². The van der Waals surface area contributed by atoms with E-state index in [2.05, 4.69) is 6.58 Å². The van der Waals surface area contributed by atoms with Gasteiger partial charge < -0.3 is 4.90 Å². The highest BCUT2D eigenvalue weighted by atomic mass is 35.5. The highest BCUT2D eigenvalue weighted by Gasteiger charge is 1.89. The summed E-state index contributed by atoms with van der Waals surface area (Å²) in [6.45, 7) is 3.92. The van der Waals surface area contributed by atoms with E-state index in [0.717, 1.165) is 0 Å².